The second-order valence-corrected chi connectivity index (χ2v) is 5.91. The molecule has 3 heterocycles. The first kappa shape index (κ1) is 14.7. The number of anilines is 1. The number of imidazole rings is 1. The van der Waals surface area contributed by atoms with Gasteiger partial charge in [0.1, 0.15) is 11.8 Å². The van der Waals surface area contributed by atoms with Gasteiger partial charge in [0.15, 0.2) is 11.5 Å². The number of likely N-dealkylation sites (tertiary alicyclic amines) is 1. The lowest BCUT2D eigenvalue weighted by Gasteiger charge is -2.33. The SMILES string of the molecule is CC[C@@H]1CCCN(C(=O)CN(C)c2ncnc3nc[nH]c23)C1. The Morgan fingerprint density at radius 3 is 3.14 bits per heavy atom. The molecule has 3 rings (SSSR count). The quantitative estimate of drug-likeness (QED) is 0.924. The zero-order valence-electron chi connectivity index (χ0n) is 13.1. The Bertz CT molecular complexity index is 654. The first-order valence-electron chi connectivity index (χ1n) is 7.82. The molecule has 7 nitrogen and oxygen atoms in total. The number of likely N-dealkylation sites (N-methyl/N-ethyl adjacent to an activating group) is 1. The number of carbonyl (C=O) groups is 1. The molecule has 1 N–H and O–H groups in total. The zero-order valence-corrected chi connectivity index (χ0v) is 13.1. The molecule has 7 heteroatoms. The summed E-state index contributed by atoms with van der Waals surface area (Å²) < 4.78 is 0. The Balaban J connectivity index is 1.69. The van der Waals surface area contributed by atoms with Gasteiger partial charge in [-0.05, 0) is 18.8 Å². The lowest BCUT2D eigenvalue weighted by Crippen LogP contribution is -2.44. The Labute approximate surface area is 129 Å². The summed E-state index contributed by atoms with van der Waals surface area (Å²) in [7, 11) is 1.88. The zero-order chi connectivity index (χ0) is 15.5. The van der Waals surface area contributed by atoms with Crippen LogP contribution in [0.25, 0.3) is 11.2 Å². The Kier molecular flexibility index (Phi) is 4.22. The molecule has 1 aliphatic heterocycles. The highest BCUT2D eigenvalue weighted by Crippen LogP contribution is 2.21. The van der Waals surface area contributed by atoms with E-state index in [-0.39, 0.29) is 5.91 Å². The number of amides is 1. The fourth-order valence-electron chi connectivity index (χ4n) is 3.04. The van der Waals surface area contributed by atoms with Gasteiger partial charge in [-0.15, -0.1) is 0 Å². The molecule has 1 aliphatic rings. The molecule has 22 heavy (non-hydrogen) atoms. The van der Waals surface area contributed by atoms with E-state index in [4.69, 9.17) is 0 Å². The smallest absolute Gasteiger partial charge is 0.242 e. The van der Waals surface area contributed by atoms with Crippen LogP contribution in [0.3, 0.4) is 0 Å². The van der Waals surface area contributed by atoms with Gasteiger partial charge in [0.2, 0.25) is 5.91 Å². The van der Waals surface area contributed by atoms with E-state index in [0.29, 0.717) is 23.9 Å². The molecule has 0 unspecified atom stereocenters. The lowest BCUT2D eigenvalue weighted by molar-refractivity contribution is -0.131. The highest BCUT2D eigenvalue weighted by molar-refractivity contribution is 5.87. The van der Waals surface area contributed by atoms with Crippen molar-refractivity contribution in [2.45, 2.75) is 26.2 Å². The molecule has 0 saturated carbocycles. The summed E-state index contributed by atoms with van der Waals surface area (Å²) >= 11 is 0. The first-order valence-corrected chi connectivity index (χ1v) is 7.82. The number of hydrogen-bond donors (Lipinski definition) is 1. The van der Waals surface area contributed by atoms with Crippen molar-refractivity contribution in [3.8, 4) is 0 Å². The summed E-state index contributed by atoms with van der Waals surface area (Å²) in [4.78, 5) is 31.9. The van der Waals surface area contributed by atoms with Gasteiger partial charge in [-0.2, -0.15) is 0 Å². The van der Waals surface area contributed by atoms with E-state index in [1.165, 1.54) is 12.7 Å². The van der Waals surface area contributed by atoms with Gasteiger partial charge in [0.05, 0.1) is 12.9 Å². The van der Waals surface area contributed by atoms with Crippen molar-refractivity contribution in [3.05, 3.63) is 12.7 Å². The minimum absolute atomic E-state index is 0.159. The van der Waals surface area contributed by atoms with Gasteiger partial charge in [-0.25, -0.2) is 15.0 Å². The number of H-pyrrole nitrogens is 1. The molecule has 1 atom stereocenters. The third-order valence-electron chi connectivity index (χ3n) is 4.39. The van der Waals surface area contributed by atoms with Crippen molar-refractivity contribution in [1.82, 2.24) is 24.8 Å². The van der Waals surface area contributed by atoms with Gasteiger partial charge in [0, 0.05) is 20.1 Å². The standard InChI is InChI=1S/C15H22N6O/c1-3-11-5-4-6-21(7-11)12(22)8-20(2)15-13-14(17-9-16-13)18-10-19-15/h9-11H,3-8H2,1-2H3,(H,16,17,18,19)/t11-/m1/s1. The summed E-state index contributed by atoms with van der Waals surface area (Å²) in [6.45, 7) is 4.26. The number of piperidine rings is 1. The molecule has 1 saturated heterocycles. The average molecular weight is 302 g/mol. The summed E-state index contributed by atoms with van der Waals surface area (Å²) in [5.74, 6) is 1.51. The molecular formula is C15H22N6O. The van der Waals surface area contributed by atoms with Crippen LogP contribution in [0.15, 0.2) is 12.7 Å². The van der Waals surface area contributed by atoms with Crippen LogP contribution >= 0.6 is 0 Å². The van der Waals surface area contributed by atoms with Gasteiger partial charge < -0.3 is 14.8 Å². The average Bonchev–Trinajstić information content (AvgIpc) is 3.03. The highest BCUT2D eigenvalue weighted by atomic mass is 16.2. The third-order valence-corrected chi connectivity index (χ3v) is 4.39. The molecule has 118 valence electrons. The number of hydrogen-bond acceptors (Lipinski definition) is 5. The van der Waals surface area contributed by atoms with Gasteiger partial charge in [-0.3, -0.25) is 4.79 Å². The van der Waals surface area contributed by atoms with E-state index in [1.807, 2.05) is 16.8 Å². The van der Waals surface area contributed by atoms with Crippen molar-refractivity contribution in [2.24, 2.45) is 5.92 Å². The van der Waals surface area contributed by atoms with Gasteiger partial charge in [-0.1, -0.05) is 13.3 Å². The summed E-state index contributed by atoms with van der Waals surface area (Å²) in [5.41, 5.74) is 1.39. The van der Waals surface area contributed by atoms with Crippen molar-refractivity contribution in [1.29, 1.82) is 0 Å². The van der Waals surface area contributed by atoms with Crippen LogP contribution in [0.4, 0.5) is 5.82 Å². The van der Waals surface area contributed by atoms with Crippen LogP contribution in [-0.4, -0.2) is 57.4 Å². The lowest BCUT2D eigenvalue weighted by atomic mass is 9.95. The summed E-state index contributed by atoms with van der Waals surface area (Å²) in [5, 5.41) is 0. The maximum absolute atomic E-state index is 12.5. The Morgan fingerprint density at radius 1 is 1.45 bits per heavy atom. The van der Waals surface area contributed by atoms with Crippen molar-refractivity contribution >= 4 is 22.9 Å². The summed E-state index contributed by atoms with van der Waals surface area (Å²) in [6.07, 6.45) is 6.55. The number of rotatable bonds is 4. The Morgan fingerprint density at radius 2 is 2.32 bits per heavy atom. The number of carbonyl (C=O) groups excluding carboxylic acids is 1. The van der Waals surface area contributed by atoms with E-state index >= 15 is 0 Å². The van der Waals surface area contributed by atoms with Crippen molar-refractivity contribution in [3.63, 3.8) is 0 Å². The molecule has 0 aromatic carbocycles. The van der Waals surface area contributed by atoms with Crippen molar-refractivity contribution in [2.75, 3.05) is 31.6 Å². The number of aromatic amines is 1. The minimum atomic E-state index is 0.159. The second-order valence-electron chi connectivity index (χ2n) is 5.91. The number of fused-ring (bicyclic) bond motifs is 1. The third kappa shape index (κ3) is 2.88. The van der Waals surface area contributed by atoms with E-state index in [1.54, 1.807) is 6.33 Å². The molecule has 2 aromatic rings. The normalized spacial score (nSPS) is 18.6. The first-order chi connectivity index (χ1) is 10.7. The fraction of sp³-hybridized carbons (Fsp3) is 0.600. The highest BCUT2D eigenvalue weighted by Gasteiger charge is 2.24. The van der Waals surface area contributed by atoms with Crippen LogP contribution < -0.4 is 4.90 Å². The molecule has 0 aliphatic carbocycles. The van der Waals surface area contributed by atoms with Crippen LogP contribution in [0.5, 0.6) is 0 Å². The van der Waals surface area contributed by atoms with E-state index < -0.39 is 0 Å². The number of nitrogens with zero attached hydrogens (tertiary/aromatic N) is 5. The largest absolute Gasteiger partial charge is 0.348 e. The number of aromatic nitrogens is 4. The van der Waals surface area contributed by atoms with Gasteiger partial charge >= 0.3 is 0 Å². The number of nitrogens with one attached hydrogen (secondary N) is 1. The molecule has 0 bridgehead atoms. The molecule has 2 aromatic heterocycles. The van der Waals surface area contributed by atoms with E-state index in [9.17, 15) is 4.79 Å². The predicted octanol–water partition coefficient (Wildman–Crippen LogP) is 1.44. The van der Waals surface area contributed by atoms with Crippen LogP contribution in [-0.2, 0) is 4.79 Å². The van der Waals surface area contributed by atoms with Crippen LogP contribution in [0.2, 0.25) is 0 Å². The maximum atomic E-state index is 12.5. The predicted molar refractivity (Wildman–Crippen MR) is 84.5 cm³/mol. The van der Waals surface area contributed by atoms with Crippen LogP contribution in [0.1, 0.15) is 26.2 Å². The van der Waals surface area contributed by atoms with Crippen LogP contribution in [0, 0.1) is 5.92 Å². The monoisotopic (exact) mass is 302 g/mol. The summed E-state index contributed by atoms with van der Waals surface area (Å²) in [6, 6.07) is 0. The molecule has 1 fully saturated rings. The van der Waals surface area contributed by atoms with E-state index in [2.05, 4.69) is 26.9 Å². The molecule has 1 amide bonds. The molecular weight excluding hydrogens is 280 g/mol. The van der Waals surface area contributed by atoms with Crippen molar-refractivity contribution < 1.29 is 4.79 Å². The second kappa shape index (κ2) is 6.29. The Hall–Kier alpha value is -2.18. The topological polar surface area (TPSA) is 78.0 Å². The fourth-order valence-corrected chi connectivity index (χ4v) is 3.04. The molecule has 0 spiro atoms. The molecule has 0 radical (unpaired) electrons. The van der Waals surface area contributed by atoms with E-state index in [0.717, 1.165) is 31.4 Å². The minimum Gasteiger partial charge on any atom is -0.348 e. The van der Waals surface area contributed by atoms with Gasteiger partial charge in [0.25, 0.3) is 0 Å². The maximum Gasteiger partial charge on any atom is 0.242 e.